The smallest absolute Gasteiger partial charge is 0.116 e. The molecule has 198 valence electrons. The molecule has 2 nitrogen and oxygen atoms in total. The average Bonchev–Trinajstić information content (AvgIpc) is 3.10. The number of aliphatic hydroxyl groups is 1. The molecule has 3 rings (SSSR count). The van der Waals surface area contributed by atoms with E-state index < -0.39 is 0 Å². The van der Waals surface area contributed by atoms with Crippen LogP contribution < -0.4 is 0 Å². The van der Waals surface area contributed by atoms with Crippen molar-refractivity contribution in [1.29, 1.82) is 0 Å². The molecule has 0 fully saturated rings. The van der Waals surface area contributed by atoms with Gasteiger partial charge in [-0.1, -0.05) is 93.5 Å². The van der Waals surface area contributed by atoms with Crippen molar-refractivity contribution in [3.05, 3.63) is 118 Å². The molecule has 2 heteroatoms. The van der Waals surface area contributed by atoms with Crippen molar-refractivity contribution in [3.63, 3.8) is 0 Å². The number of benzene rings is 1. The highest BCUT2D eigenvalue weighted by Gasteiger charge is 2.21. The Bertz CT molecular complexity index is 1150. The zero-order chi connectivity index (χ0) is 26.9. The summed E-state index contributed by atoms with van der Waals surface area (Å²) >= 11 is 0. The van der Waals surface area contributed by atoms with Gasteiger partial charge in [0.15, 0.2) is 0 Å². The maximum atomic E-state index is 10.3. The summed E-state index contributed by atoms with van der Waals surface area (Å²) in [5.74, 6) is 1.31. The van der Waals surface area contributed by atoms with Crippen LogP contribution in [0.1, 0.15) is 77.5 Å². The maximum Gasteiger partial charge on any atom is 0.116 e. The number of hydrogen-bond acceptors (Lipinski definition) is 2. The van der Waals surface area contributed by atoms with Gasteiger partial charge in [0.05, 0.1) is 6.61 Å². The van der Waals surface area contributed by atoms with Crippen LogP contribution >= 0.6 is 0 Å². The van der Waals surface area contributed by atoms with E-state index in [0.29, 0.717) is 12.4 Å². The van der Waals surface area contributed by atoms with Gasteiger partial charge in [-0.05, 0) is 93.4 Å². The fourth-order valence-electron chi connectivity index (χ4n) is 5.30. The molecule has 1 aromatic rings. The summed E-state index contributed by atoms with van der Waals surface area (Å²) in [4.78, 5) is 0. The first kappa shape index (κ1) is 28.6. The second kappa shape index (κ2) is 13.0. The quantitative estimate of drug-likeness (QED) is 0.308. The van der Waals surface area contributed by atoms with Crippen molar-refractivity contribution in [2.24, 2.45) is 10.8 Å². The lowest BCUT2D eigenvalue weighted by atomic mass is 9.83. The molecule has 0 aliphatic heterocycles. The van der Waals surface area contributed by atoms with E-state index in [-0.39, 0.29) is 10.8 Å². The Labute approximate surface area is 225 Å². The highest BCUT2D eigenvalue weighted by atomic mass is 16.5. The minimum atomic E-state index is -0.164. The number of aryl methyl sites for hydroxylation is 3. The van der Waals surface area contributed by atoms with Crippen LogP contribution in [0, 0.1) is 10.8 Å². The van der Waals surface area contributed by atoms with Crippen molar-refractivity contribution in [2.45, 2.75) is 80.1 Å². The number of allylic oxidation sites excluding steroid dienone is 12. The molecular formula is C35H46O2. The first-order chi connectivity index (χ1) is 17.6. The Hall–Kier alpha value is -3.00. The number of aliphatic hydroxyl groups excluding tert-OH is 1. The summed E-state index contributed by atoms with van der Waals surface area (Å²) in [7, 11) is 0. The van der Waals surface area contributed by atoms with Crippen LogP contribution in [0.5, 0.6) is 0 Å². The summed E-state index contributed by atoms with van der Waals surface area (Å²) in [5, 5.41) is 10.3. The van der Waals surface area contributed by atoms with Gasteiger partial charge in [-0.3, -0.25) is 0 Å². The van der Waals surface area contributed by atoms with E-state index in [1.807, 2.05) is 26.0 Å². The van der Waals surface area contributed by atoms with Crippen molar-refractivity contribution < 1.29 is 9.84 Å². The molecule has 2 aliphatic rings. The van der Waals surface area contributed by atoms with Crippen molar-refractivity contribution in [1.82, 2.24) is 0 Å². The standard InChI is InChI=1S/C35H46O2/c1-7-10-21-35(6)24-29(15-19-32(36)25-35)12-11-27-13-17-31(30(8-2)22-27)18-14-28-16-20-33(37-9-3)26-34(4,5)23-28/h7,10,13,15-17,19-20,22-26,36H,8-9,11-12,14,18,21H2,1-6H3/b10-7+. The fraction of sp³-hybridized carbons (Fsp3) is 0.429. The van der Waals surface area contributed by atoms with Crippen LogP contribution in [0.3, 0.4) is 0 Å². The maximum absolute atomic E-state index is 10.3. The monoisotopic (exact) mass is 498 g/mol. The van der Waals surface area contributed by atoms with Crippen molar-refractivity contribution in [2.75, 3.05) is 6.61 Å². The highest BCUT2D eigenvalue weighted by Crippen LogP contribution is 2.33. The normalized spacial score (nSPS) is 21.1. The zero-order valence-electron chi connectivity index (χ0n) is 23.8. The largest absolute Gasteiger partial charge is 0.508 e. The van der Waals surface area contributed by atoms with Crippen LogP contribution in [-0.2, 0) is 24.0 Å². The topological polar surface area (TPSA) is 29.5 Å². The van der Waals surface area contributed by atoms with E-state index in [2.05, 4.69) is 94.5 Å². The van der Waals surface area contributed by atoms with Gasteiger partial charge in [0.1, 0.15) is 11.5 Å². The van der Waals surface area contributed by atoms with Gasteiger partial charge in [-0.25, -0.2) is 0 Å². The van der Waals surface area contributed by atoms with E-state index in [1.165, 1.54) is 27.8 Å². The van der Waals surface area contributed by atoms with Gasteiger partial charge in [0.25, 0.3) is 0 Å². The third-order valence-corrected chi connectivity index (χ3v) is 7.14. The Kier molecular flexibility index (Phi) is 10.0. The molecule has 1 N–H and O–H groups in total. The van der Waals surface area contributed by atoms with Gasteiger partial charge >= 0.3 is 0 Å². The van der Waals surface area contributed by atoms with Crippen LogP contribution in [0.15, 0.2) is 102 Å². The summed E-state index contributed by atoms with van der Waals surface area (Å²) in [6, 6.07) is 7.05. The number of hydrogen-bond donors (Lipinski definition) is 1. The van der Waals surface area contributed by atoms with Crippen molar-refractivity contribution >= 4 is 0 Å². The molecule has 1 aromatic carbocycles. The third kappa shape index (κ3) is 8.81. The second-order valence-electron chi connectivity index (χ2n) is 11.2. The van der Waals surface area contributed by atoms with Crippen LogP contribution in [0.25, 0.3) is 0 Å². The van der Waals surface area contributed by atoms with Gasteiger partial charge < -0.3 is 9.84 Å². The lowest BCUT2D eigenvalue weighted by Gasteiger charge is -2.21. The molecule has 0 saturated heterocycles. The minimum Gasteiger partial charge on any atom is -0.508 e. The molecule has 0 amide bonds. The van der Waals surface area contributed by atoms with Gasteiger partial charge in [0.2, 0.25) is 0 Å². The molecule has 2 aliphatic carbocycles. The van der Waals surface area contributed by atoms with Crippen molar-refractivity contribution in [3.8, 4) is 0 Å². The Balaban J connectivity index is 1.67. The van der Waals surface area contributed by atoms with Gasteiger partial charge in [0, 0.05) is 10.8 Å². The van der Waals surface area contributed by atoms with Gasteiger partial charge in [-0.15, -0.1) is 0 Å². The molecule has 0 heterocycles. The molecule has 0 aromatic heterocycles. The predicted octanol–water partition coefficient (Wildman–Crippen LogP) is 9.47. The lowest BCUT2D eigenvalue weighted by Crippen LogP contribution is -2.09. The first-order valence-electron chi connectivity index (χ1n) is 13.9. The first-order valence-corrected chi connectivity index (χ1v) is 13.9. The average molecular weight is 499 g/mol. The molecule has 0 spiro atoms. The summed E-state index contributed by atoms with van der Waals surface area (Å²) in [5.41, 5.74) is 6.75. The van der Waals surface area contributed by atoms with Crippen LogP contribution in [0.2, 0.25) is 0 Å². The lowest BCUT2D eigenvalue weighted by molar-refractivity contribution is 0.238. The molecule has 1 atom stereocenters. The highest BCUT2D eigenvalue weighted by molar-refractivity contribution is 5.38. The molecule has 37 heavy (non-hydrogen) atoms. The molecular weight excluding hydrogens is 452 g/mol. The fourth-order valence-corrected chi connectivity index (χ4v) is 5.30. The molecule has 0 saturated carbocycles. The van der Waals surface area contributed by atoms with E-state index in [9.17, 15) is 5.11 Å². The van der Waals surface area contributed by atoms with Gasteiger partial charge in [-0.2, -0.15) is 0 Å². The number of rotatable bonds is 11. The Morgan fingerprint density at radius 3 is 2.27 bits per heavy atom. The van der Waals surface area contributed by atoms with E-state index in [1.54, 1.807) is 0 Å². The summed E-state index contributed by atoms with van der Waals surface area (Å²) in [6.07, 6.45) is 27.3. The molecule has 1 unspecified atom stereocenters. The predicted molar refractivity (Wildman–Crippen MR) is 159 cm³/mol. The third-order valence-electron chi connectivity index (χ3n) is 7.14. The zero-order valence-corrected chi connectivity index (χ0v) is 23.8. The number of ether oxygens (including phenoxy) is 1. The Morgan fingerprint density at radius 2 is 1.54 bits per heavy atom. The Morgan fingerprint density at radius 1 is 0.811 bits per heavy atom. The van der Waals surface area contributed by atoms with E-state index >= 15 is 0 Å². The van der Waals surface area contributed by atoms with E-state index in [0.717, 1.165) is 44.3 Å². The van der Waals surface area contributed by atoms with E-state index in [4.69, 9.17) is 4.74 Å². The SMILES string of the molecule is C/C=C/CC1(C)C=C(O)C=CC(CCc2ccc(CCC3=CC(C)(C)C=C(OCC)C=C3)c(CC)c2)=C1. The summed E-state index contributed by atoms with van der Waals surface area (Å²) < 4.78 is 5.78. The second-order valence-corrected chi connectivity index (χ2v) is 11.2. The minimum absolute atomic E-state index is 0.0167. The van der Waals surface area contributed by atoms with Crippen LogP contribution in [-0.4, -0.2) is 11.7 Å². The van der Waals surface area contributed by atoms with Crippen LogP contribution in [0.4, 0.5) is 0 Å². The summed E-state index contributed by atoms with van der Waals surface area (Å²) in [6.45, 7) is 13.7. The molecule has 0 bridgehead atoms. The molecule has 0 radical (unpaired) electrons.